The van der Waals surface area contributed by atoms with Crippen molar-refractivity contribution in [1.82, 2.24) is 0 Å². The van der Waals surface area contributed by atoms with Gasteiger partial charge in [-0.2, -0.15) is 0 Å². The van der Waals surface area contributed by atoms with E-state index in [1.54, 1.807) is 5.56 Å². The third kappa shape index (κ3) is 0.729. The summed E-state index contributed by atoms with van der Waals surface area (Å²) in [6.45, 7) is 0. The van der Waals surface area contributed by atoms with Gasteiger partial charge in [0.05, 0.1) is 3.42 Å². The van der Waals surface area contributed by atoms with Gasteiger partial charge in [0.15, 0.2) is 0 Å². The lowest BCUT2D eigenvalue weighted by atomic mass is 9.97. The topological polar surface area (TPSA) is 0 Å². The third-order valence-electron chi connectivity index (χ3n) is 2.92. The van der Waals surface area contributed by atoms with Crippen LogP contribution >= 0.6 is 22.6 Å². The van der Waals surface area contributed by atoms with Crippen LogP contribution in [0.4, 0.5) is 0 Å². The standard InChI is InChI=1S/C11H9I/c12-11-6-5-8(7-11)9-3-1-2-4-10(9)11/h1-6,8H,7H2. The van der Waals surface area contributed by atoms with Gasteiger partial charge in [0.25, 0.3) is 0 Å². The van der Waals surface area contributed by atoms with E-state index in [0.717, 1.165) is 0 Å². The molecular weight excluding hydrogens is 259 g/mol. The second-order valence-corrected chi connectivity index (χ2v) is 5.54. The summed E-state index contributed by atoms with van der Waals surface area (Å²) < 4.78 is 0.332. The number of alkyl halides is 1. The number of fused-ring (bicyclic) bond motifs is 5. The molecule has 0 aromatic heterocycles. The Morgan fingerprint density at radius 2 is 2.17 bits per heavy atom. The summed E-state index contributed by atoms with van der Waals surface area (Å²) in [5.74, 6) is 0.707. The molecule has 0 saturated carbocycles. The van der Waals surface area contributed by atoms with Gasteiger partial charge in [-0.25, -0.2) is 0 Å². The number of allylic oxidation sites excluding steroid dienone is 2. The minimum atomic E-state index is 0.332. The highest BCUT2D eigenvalue weighted by Crippen LogP contribution is 2.56. The van der Waals surface area contributed by atoms with Crippen LogP contribution in [0.15, 0.2) is 36.4 Å². The lowest BCUT2D eigenvalue weighted by Crippen LogP contribution is -2.07. The molecule has 0 spiro atoms. The number of hydrogen-bond donors (Lipinski definition) is 0. The van der Waals surface area contributed by atoms with Crippen molar-refractivity contribution in [3.63, 3.8) is 0 Å². The predicted octanol–water partition coefficient (Wildman–Crippen LogP) is 3.37. The van der Waals surface area contributed by atoms with E-state index in [1.807, 2.05) is 0 Å². The van der Waals surface area contributed by atoms with Crippen LogP contribution < -0.4 is 0 Å². The minimum Gasteiger partial charge on any atom is -0.0793 e. The van der Waals surface area contributed by atoms with E-state index in [4.69, 9.17) is 0 Å². The van der Waals surface area contributed by atoms with Gasteiger partial charge < -0.3 is 0 Å². The molecule has 2 unspecified atom stereocenters. The molecule has 2 aliphatic rings. The first-order chi connectivity index (χ1) is 5.80. The van der Waals surface area contributed by atoms with Crippen molar-refractivity contribution < 1.29 is 0 Å². The Kier molecular flexibility index (Phi) is 1.27. The number of benzene rings is 1. The first kappa shape index (κ1) is 7.13. The maximum absolute atomic E-state index is 2.58. The first-order valence-electron chi connectivity index (χ1n) is 4.27. The lowest BCUT2D eigenvalue weighted by Gasteiger charge is -2.17. The molecule has 1 heteroatoms. The van der Waals surface area contributed by atoms with E-state index in [0.29, 0.717) is 9.34 Å². The highest BCUT2D eigenvalue weighted by Gasteiger charge is 2.42. The summed E-state index contributed by atoms with van der Waals surface area (Å²) in [6, 6.07) is 8.83. The maximum atomic E-state index is 2.58. The normalized spacial score (nSPS) is 35.6. The van der Waals surface area contributed by atoms with Crippen LogP contribution in [0.3, 0.4) is 0 Å². The highest BCUT2D eigenvalue weighted by atomic mass is 127. The zero-order valence-electron chi connectivity index (χ0n) is 6.63. The van der Waals surface area contributed by atoms with Crippen LogP contribution in [0.25, 0.3) is 0 Å². The van der Waals surface area contributed by atoms with E-state index >= 15 is 0 Å². The van der Waals surface area contributed by atoms with Crippen LogP contribution in [0, 0.1) is 0 Å². The van der Waals surface area contributed by atoms with Crippen molar-refractivity contribution in [2.45, 2.75) is 15.8 Å². The van der Waals surface area contributed by atoms with Crippen molar-refractivity contribution in [2.75, 3.05) is 0 Å². The Morgan fingerprint density at radius 1 is 1.33 bits per heavy atom. The smallest absolute Gasteiger partial charge is 0.0661 e. The average Bonchev–Trinajstić information content (AvgIpc) is 2.60. The molecule has 3 rings (SSSR count). The molecule has 12 heavy (non-hydrogen) atoms. The minimum absolute atomic E-state index is 0.332. The number of rotatable bonds is 0. The molecule has 0 heterocycles. The summed E-state index contributed by atoms with van der Waals surface area (Å²) in [7, 11) is 0. The summed E-state index contributed by atoms with van der Waals surface area (Å²) in [4.78, 5) is 0. The van der Waals surface area contributed by atoms with Crippen molar-refractivity contribution in [2.24, 2.45) is 0 Å². The molecule has 0 amide bonds. The van der Waals surface area contributed by atoms with Gasteiger partial charge in [0, 0.05) is 5.92 Å². The van der Waals surface area contributed by atoms with Gasteiger partial charge in [-0.05, 0) is 17.5 Å². The highest BCUT2D eigenvalue weighted by molar-refractivity contribution is 14.1. The van der Waals surface area contributed by atoms with Crippen molar-refractivity contribution in [3.05, 3.63) is 47.5 Å². The molecule has 2 atom stereocenters. The zero-order chi connectivity index (χ0) is 8.18. The molecule has 2 bridgehead atoms. The molecule has 2 aliphatic carbocycles. The molecular formula is C11H9I. The zero-order valence-corrected chi connectivity index (χ0v) is 8.78. The Bertz CT molecular complexity index is 367. The predicted molar refractivity (Wildman–Crippen MR) is 58.6 cm³/mol. The molecule has 60 valence electrons. The van der Waals surface area contributed by atoms with E-state index in [2.05, 4.69) is 59.0 Å². The second kappa shape index (κ2) is 2.13. The molecule has 0 N–H and O–H groups in total. The molecule has 0 fully saturated rings. The van der Waals surface area contributed by atoms with Crippen LogP contribution in [-0.4, -0.2) is 0 Å². The van der Waals surface area contributed by atoms with Crippen molar-refractivity contribution in [1.29, 1.82) is 0 Å². The largest absolute Gasteiger partial charge is 0.0793 e. The first-order valence-corrected chi connectivity index (χ1v) is 5.35. The quantitative estimate of drug-likeness (QED) is 0.384. The van der Waals surface area contributed by atoms with Crippen LogP contribution in [0.2, 0.25) is 0 Å². The van der Waals surface area contributed by atoms with E-state index < -0.39 is 0 Å². The Morgan fingerprint density at radius 3 is 3.00 bits per heavy atom. The summed E-state index contributed by atoms with van der Waals surface area (Å²) >= 11 is 2.58. The second-order valence-electron chi connectivity index (χ2n) is 3.62. The van der Waals surface area contributed by atoms with E-state index in [9.17, 15) is 0 Å². The average molecular weight is 268 g/mol. The third-order valence-corrected chi connectivity index (χ3v) is 4.30. The van der Waals surface area contributed by atoms with E-state index in [1.165, 1.54) is 12.0 Å². The van der Waals surface area contributed by atoms with Gasteiger partial charge >= 0.3 is 0 Å². The van der Waals surface area contributed by atoms with Gasteiger partial charge in [-0.3, -0.25) is 0 Å². The summed E-state index contributed by atoms with van der Waals surface area (Å²) in [5, 5.41) is 0. The fourth-order valence-corrected chi connectivity index (χ4v) is 3.51. The number of hydrogen-bond acceptors (Lipinski definition) is 0. The fourth-order valence-electron chi connectivity index (χ4n) is 2.34. The molecule has 1 aromatic rings. The fraction of sp³-hybridized carbons (Fsp3) is 0.273. The molecule has 0 nitrogen and oxygen atoms in total. The maximum Gasteiger partial charge on any atom is 0.0661 e. The van der Waals surface area contributed by atoms with Crippen LogP contribution in [0.5, 0.6) is 0 Å². The summed E-state index contributed by atoms with van der Waals surface area (Å²) in [5.41, 5.74) is 3.09. The monoisotopic (exact) mass is 268 g/mol. The Hall–Kier alpha value is -0.310. The molecule has 0 saturated heterocycles. The lowest BCUT2D eigenvalue weighted by molar-refractivity contribution is 0.781. The van der Waals surface area contributed by atoms with Gasteiger partial charge in [-0.1, -0.05) is 59.0 Å². The van der Waals surface area contributed by atoms with Gasteiger partial charge in [0.1, 0.15) is 0 Å². The summed E-state index contributed by atoms with van der Waals surface area (Å²) in [6.07, 6.45) is 6.00. The molecule has 0 radical (unpaired) electrons. The Labute approximate surface area is 85.8 Å². The SMILES string of the molecule is IC12C=CC(C1)c1ccccc12. The van der Waals surface area contributed by atoms with Crippen LogP contribution in [0.1, 0.15) is 23.5 Å². The Balaban J connectivity index is 2.31. The van der Waals surface area contributed by atoms with Gasteiger partial charge in [-0.15, -0.1) is 0 Å². The van der Waals surface area contributed by atoms with E-state index in [-0.39, 0.29) is 0 Å². The van der Waals surface area contributed by atoms with Gasteiger partial charge in [0.2, 0.25) is 0 Å². The van der Waals surface area contributed by atoms with Crippen molar-refractivity contribution >= 4 is 22.6 Å². The number of halogens is 1. The molecule has 1 aromatic carbocycles. The van der Waals surface area contributed by atoms with Crippen LogP contribution in [-0.2, 0) is 3.42 Å². The van der Waals surface area contributed by atoms with Crippen molar-refractivity contribution in [3.8, 4) is 0 Å². The molecule has 0 aliphatic heterocycles.